The molecule has 1 heterocycles. The summed E-state index contributed by atoms with van der Waals surface area (Å²) >= 11 is 3.46. The zero-order valence-corrected chi connectivity index (χ0v) is 7.47. The molecule has 0 unspecified atom stereocenters. The molecule has 0 amide bonds. The lowest BCUT2D eigenvalue weighted by Crippen LogP contribution is -1.77. The Kier molecular flexibility index (Phi) is 3.02. The van der Waals surface area contributed by atoms with Crippen LogP contribution >= 0.6 is 23.1 Å². The van der Waals surface area contributed by atoms with Gasteiger partial charge >= 0.3 is 0 Å². The summed E-state index contributed by atoms with van der Waals surface area (Å²) in [5.41, 5.74) is 5.45. The summed E-state index contributed by atoms with van der Waals surface area (Å²) in [5, 5.41) is 0.673. The highest BCUT2D eigenvalue weighted by Gasteiger charge is 1.96. The van der Waals surface area contributed by atoms with Crippen molar-refractivity contribution in [3.05, 3.63) is 11.1 Å². The highest BCUT2D eigenvalue weighted by molar-refractivity contribution is 7.98. The molecule has 0 radical (unpaired) electrons. The van der Waals surface area contributed by atoms with Crippen molar-refractivity contribution in [2.75, 3.05) is 11.5 Å². The van der Waals surface area contributed by atoms with E-state index in [1.807, 2.05) is 18.0 Å². The van der Waals surface area contributed by atoms with Crippen molar-refractivity contribution in [2.45, 2.75) is 12.7 Å². The average molecular weight is 174 g/mol. The van der Waals surface area contributed by atoms with Crippen LogP contribution in [-0.2, 0) is 5.75 Å². The molecule has 1 aromatic rings. The lowest BCUT2D eigenvalue weighted by molar-refractivity contribution is 1.37. The van der Waals surface area contributed by atoms with E-state index in [4.69, 9.17) is 5.73 Å². The Bertz CT molecular complexity index is 197. The number of hydrogen-bond donors (Lipinski definition) is 1. The summed E-state index contributed by atoms with van der Waals surface area (Å²) < 4.78 is 0. The van der Waals surface area contributed by atoms with Gasteiger partial charge in [-0.05, 0) is 5.75 Å². The molecule has 0 saturated heterocycles. The van der Waals surface area contributed by atoms with Crippen LogP contribution < -0.4 is 5.73 Å². The van der Waals surface area contributed by atoms with E-state index in [0.717, 1.165) is 11.5 Å². The monoisotopic (exact) mass is 174 g/mol. The van der Waals surface area contributed by atoms with Crippen LogP contribution in [0.3, 0.4) is 0 Å². The van der Waals surface area contributed by atoms with Gasteiger partial charge in [0.15, 0.2) is 5.13 Å². The number of thiazole rings is 1. The predicted octanol–water partition coefficient (Wildman–Crippen LogP) is 1.98. The van der Waals surface area contributed by atoms with Crippen molar-refractivity contribution in [3.63, 3.8) is 0 Å². The molecule has 0 aliphatic carbocycles. The summed E-state index contributed by atoms with van der Waals surface area (Å²) in [7, 11) is 0. The second-order valence-electron chi connectivity index (χ2n) is 1.80. The SMILES string of the molecule is CCSCc1cnc(N)s1. The number of nitrogens with two attached hydrogens (primary N) is 1. The minimum absolute atomic E-state index is 0.673. The van der Waals surface area contributed by atoms with Gasteiger partial charge in [-0.2, -0.15) is 11.8 Å². The highest BCUT2D eigenvalue weighted by Crippen LogP contribution is 2.19. The van der Waals surface area contributed by atoms with Crippen LogP contribution in [0.4, 0.5) is 5.13 Å². The molecule has 2 N–H and O–H groups in total. The molecule has 1 aromatic heterocycles. The first-order valence-electron chi connectivity index (χ1n) is 3.11. The van der Waals surface area contributed by atoms with E-state index in [2.05, 4.69) is 11.9 Å². The van der Waals surface area contributed by atoms with E-state index in [9.17, 15) is 0 Å². The van der Waals surface area contributed by atoms with E-state index in [-0.39, 0.29) is 0 Å². The number of anilines is 1. The smallest absolute Gasteiger partial charge is 0.180 e. The standard InChI is InChI=1S/C6H10N2S2/c1-2-9-4-5-3-8-6(7)10-5/h3H,2,4H2,1H3,(H2,7,8). The topological polar surface area (TPSA) is 38.9 Å². The lowest BCUT2D eigenvalue weighted by atomic mass is 10.6. The molecule has 0 spiro atoms. The number of nitrogens with zero attached hydrogens (tertiary/aromatic N) is 1. The molecule has 4 heteroatoms. The third kappa shape index (κ3) is 2.19. The van der Waals surface area contributed by atoms with Crippen molar-refractivity contribution in [3.8, 4) is 0 Å². The molecule has 0 aliphatic rings. The summed E-state index contributed by atoms with van der Waals surface area (Å²) in [4.78, 5) is 5.22. The maximum atomic E-state index is 5.45. The van der Waals surface area contributed by atoms with Crippen LogP contribution in [0.2, 0.25) is 0 Å². The quantitative estimate of drug-likeness (QED) is 0.761. The number of nitrogen functional groups attached to an aromatic ring is 1. The number of hydrogen-bond acceptors (Lipinski definition) is 4. The van der Waals surface area contributed by atoms with Crippen LogP contribution in [-0.4, -0.2) is 10.7 Å². The zero-order chi connectivity index (χ0) is 7.40. The maximum absolute atomic E-state index is 5.45. The van der Waals surface area contributed by atoms with Gasteiger partial charge in [0.25, 0.3) is 0 Å². The fourth-order valence-corrected chi connectivity index (χ4v) is 2.04. The van der Waals surface area contributed by atoms with Gasteiger partial charge in [-0.3, -0.25) is 0 Å². The van der Waals surface area contributed by atoms with E-state index in [0.29, 0.717) is 5.13 Å². The average Bonchev–Trinajstić information content (AvgIpc) is 2.31. The van der Waals surface area contributed by atoms with E-state index in [1.165, 1.54) is 4.88 Å². The third-order valence-corrected chi connectivity index (χ3v) is 2.95. The minimum Gasteiger partial charge on any atom is -0.375 e. The number of thioether (sulfide) groups is 1. The van der Waals surface area contributed by atoms with Gasteiger partial charge < -0.3 is 5.73 Å². The van der Waals surface area contributed by atoms with Gasteiger partial charge in [-0.1, -0.05) is 6.92 Å². The maximum Gasteiger partial charge on any atom is 0.180 e. The predicted molar refractivity (Wildman–Crippen MR) is 48.4 cm³/mol. The first-order chi connectivity index (χ1) is 4.83. The molecule has 1 rings (SSSR count). The van der Waals surface area contributed by atoms with Crippen LogP contribution in [0.1, 0.15) is 11.8 Å². The fraction of sp³-hybridized carbons (Fsp3) is 0.500. The molecular weight excluding hydrogens is 164 g/mol. The van der Waals surface area contributed by atoms with Crippen LogP contribution in [0, 0.1) is 0 Å². The van der Waals surface area contributed by atoms with Gasteiger partial charge in [-0.15, -0.1) is 11.3 Å². The van der Waals surface area contributed by atoms with Crippen molar-refractivity contribution < 1.29 is 0 Å². The van der Waals surface area contributed by atoms with E-state index < -0.39 is 0 Å². The Morgan fingerprint density at radius 3 is 3.10 bits per heavy atom. The molecule has 0 aliphatic heterocycles. The van der Waals surface area contributed by atoms with Crippen LogP contribution in [0.15, 0.2) is 6.20 Å². The molecular formula is C6H10N2S2. The van der Waals surface area contributed by atoms with Gasteiger partial charge in [0.2, 0.25) is 0 Å². The van der Waals surface area contributed by atoms with Crippen LogP contribution in [0.5, 0.6) is 0 Å². The largest absolute Gasteiger partial charge is 0.375 e. The molecule has 0 saturated carbocycles. The fourth-order valence-electron chi connectivity index (χ4n) is 0.592. The van der Waals surface area contributed by atoms with Gasteiger partial charge in [0.1, 0.15) is 0 Å². The molecule has 10 heavy (non-hydrogen) atoms. The van der Waals surface area contributed by atoms with Gasteiger partial charge in [-0.25, -0.2) is 4.98 Å². The minimum atomic E-state index is 0.673. The first-order valence-corrected chi connectivity index (χ1v) is 5.08. The number of rotatable bonds is 3. The van der Waals surface area contributed by atoms with Crippen molar-refractivity contribution in [1.82, 2.24) is 4.98 Å². The Balaban J connectivity index is 2.42. The molecule has 0 aromatic carbocycles. The Labute approximate surface area is 68.8 Å². The molecule has 0 fully saturated rings. The van der Waals surface area contributed by atoms with E-state index in [1.54, 1.807) is 11.3 Å². The zero-order valence-electron chi connectivity index (χ0n) is 5.83. The van der Waals surface area contributed by atoms with Gasteiger partial charge in [0, 0.05) is 16.8 Å². The van der Waals surface area contributed by atoms with Crippen molar-refractivity contribution >= 4 is 28.2 Å². The van der Waals surface area contributed by atoms with Crippen molar-refractivity contribution in [2.24, 2.45) is 0 Å². The Hall–Kier alpha value is -0.220. The summed E-state index contributed by atoms with van der Waals surface area (Å²) in [6.45, 7) is 2.15. The molecule has 0 atom stereocenters. The summed E-state index contributed by atoms with van der Waals surface area (Å²) in [6.07, 6.45) is 1.85. The number of aromatic nitrogens is 1. The van der Waals surface area contributed by atoms with Gasteiger partial charge in [0.05, 0.1) is 0 Å². The molecule has 56 valence electrons. The van der Waals surface area contributed by atoms with Crippen molar-refractivity contribution in [1.29, 1.82) is 0 Å². The normalized spacial score (nSPS) is 10.1. The summed E-state index contributed by atoms with van der Waals surface area (Å²) in [6, 6.07) is 0. The Morgan fingerprint density at radius 2 is 2.60 bits per heavy atom. The molecule has 0 bridgehead atoms. The summed E-state index contributed by atoms with van der Waals surface area (Å²) in [5.74, 6) is 2.20. The third-order valence-electron chi connectivity index (χ3n) is 1.02. The molecule has 2 nitrogen and oxygen atoms in total. The highest BCUT2D eigenvalue weighted by atomic mass is 32.2. The van der Waals surface area contributed by atoms with E-state index >= 15 is 0 Å². The first kappa shape index (κ1) is 7.88. The second-order valence-corrected chi connectivity index (χ2v) is 4.22. The Morgan fingerprint density at radius 1 is 1.80 bits per heavy atom. The van der Waals surface area contributed by atoms with Crippen LogP contribution in [0.25, 0.3) is 0 Å². The lowest BCUT2D eigenvalue weighted by Gasteiger charge is -1.90. The second kappa shape index (κ2) is 3.83.